The van der Waals surface area contributed by atoms with Crippen molar-refractivity contribution in [2.45, 2.75) is 26.8 Å². The molecule has 1 rings (SSSR count). The third kappa shape index (κ3) is 4.58. The van der Waals surface area contributed by atoms with E-state index in [-0.39, 0.29) is 5.92 Å². The lowest BCUT2D eigenvalue weighted by molar-refractivity contribution is 0.0962. The Hall–Kier alpha value is -1.51. The number of hydrogen-bond donors (Lipinski definition) is 1. The number of hydrogen-bond acceptors (Lipinski definition) is 4. The van der Waals surface area contributed by atoms with Gasteiger partial charge in [0.1, 0.15) is 0 Å². The van der Waals surface area contributed by atoms with Crippen LogP contribution in [0.1, 0.15) is 36.3 Å². The first-order chi connectivity index (χ1) is 8.60. The number of sulfonamides is 1. The van der Waals surface area contributed by atoms with Crippen LogP contribution in [0.3, 0.4) is 0 Å². The molecule has 0 saturated heterocycles. The van der Waals surface area contributed by atoms with E-state index in [0.29, 0.717) is 6.54 Å². The summed E-state index contributed by atoms with van der Waals surface area (Å²) in [7, 11) is -3.82. The van der Waals surface area contributed by atoms with Gasteiger partial charge in [0, 0.05) is 12.7 Å². The molecule has 0 spiro atoms. The number of nitrogens with one attached hydrogen (secondary N) is 1. The molecule has 1 amide bonds. The Morgan fingerprint density at radius 1 is 1.47 bits per heavy atom. The van der Waals surface area contributed by atoms with Gasteiger partial charge in [0.05, 0.1) is 11.8 Å². The minimum atomic E-state index is -3.82. The second-order valence-electron chi connectivity index (χ2n) is 4.55. The SMILES string of the molecule is CC(C)Cn1cc(C(F)F)c(C(=O)NS(C)(=O)=O)n1. The number of rotatable bonds is 5. The molecule has 0 atom stereocenters. The largest absolute Gasteiger partial charge is 0.285 e. The molecule has 9 heteroatoms. The Kier molecular flexibility index (Phi) is 4.61. The number of carbonyl (C=O) groups is 1. The van der Waals surface area contributed by atoms with E-state index in [1.54, 1.807) is 4.72 Å². The molecular weight excluding hydrogens is 280 g/mol. The molecule has 108 valence electrons. The number of amides is 1. The summed E-state index contributed by atoms with van der Waals surface area (Å²) in [6.45, 7) is 4.08. The highest BCUT2D eigenvalue weighted by Gasteiger charge is 2.25. The van der Waals surface area contributed by atoms with Crippen LogP contribution in [0.5, 0.6) is 0 Å². The van der Waals surface area contributed by atoms with E-state index in [1.165, 1.54) is 4.68 Å². The summed E-state index contributed by atoms with van der Waals surface area (Å²) >= 11 is 0. The molecule has 0 aliphatic carbocycles. The number of carbonyl (C=O) groups excluding carboxylic acids is 1. The Labute approximate surface area is 109 Å². The molecule has 1 aromatic rings. The molecule has 0 aliphatic rings. The average molecular weight is 295 g/mol. The van der Waals surface area contributed by atoms with E-state index in [9.17, 15) is 22.0 Å². The van der Waals surface area contributed by atoms with Crippen molar-refractivity contribution in [3.8, 4) is 0 Å². The fraction of sp³-hybridized carbons (Fsp3) is 0.600. The Bertz CT molecular complexity index is 567. The van der Waals surface area contributed by atoms with Gasteiger partial charge in [-0.2, -0.15) is 5.10 Å². The van der Waals surface area contributed by atoms with Crippen molar-refractivity contribution in [2.75, 3.05) is 6.26 Å². The van der Waals surface area contributed by atoms with Crippen molar-refractivity contribution >= 4 is 15.9 Å². The first kappa shape index (κ1) is 15.5. The second kappa shape index (κ2) is 5.64. The van der Waals surface area contributed by atoms with Gasteiger partial charge in [-0.3, -0.25) is 9.48 Å². The maximum Gasteiger partial charge on any atom is 0.285 e. The fourth-order valence-electron chi connectivity index (χ4n) is 1.46. The zero-order valence-corrected chi connectivity index (χ0v) is 11.5. The zero-order valence-electron chi connectivity index (χ0n) is 10.7. The molecule has 0 aromatic carbocycles. The lowest BCUT2D eigenvalue weighted by Gasteiger charge is -2.03. The van der Waals surface area contributed by atoms with E-state index >= 15 is 0 Å². The summed E-state index contributed by atoms with van der Waals surface area (Å²) in [6, 6.07) is 0. The zero-order chi connectivity index (χ0) is 14.8. The van der Waals surface area contributed by atoms with Crippen LogP contribution < -0.4 is 4.72 Å². The monoisotopic (exact) mass is 295 g/mol. The molecular formula is C10H15F2N3O3S. The summed E-state index contributed by atoms with van der Waals surface area (Å²) in [5.74, 6) is -1.00. The van der Waals surface area contributed by atoms with Gasteiger partial charge < -0.3 is 0 Å². The van der Waals surface area contributed by atoms with Gasteiger partial charge in [-0.1, -0.05) is 13.8 Å². The van der Waals surface area contributed by atoms with Crippen LogP contribution in [-0.2, 0) is 16.6 Å². The van der Waals surface area contributed by atoms with Crippen LogP contribution in [0.4, 0.5) is 8.78 Å². The highest BCUT2D eigenvalue weighted by molar-refractivity contribution is 7.89. The summed E-state index contributed by atoms with van der Waals surface area (Å²) in [5, 5.41) is 3.72. The van der Waals surface area contributed by atoms with Crippen molar-refractivity contribution < 1.29 is 22.0 Å². The minimum absolute atomic E-state index is 0.149. The fourth-order valence-corrected chi connectivity index (χ4v) is 1.89. The topological polar surface area (TPSA) is 81.1 Å². The van der Waals surface area contributed by atoms with Gasteiger partial charge in [0.15, 0.2) is 5.69 Å². The van der Waals surface area contributed by atoms with Gasteiger partial charge in [-0.25, -0.2) is 21.9 Å². The van der Waals surface area contributed by atoms with E-state index in [2.05, 4.69) is 5.10 Å². The predicted molar refractivity (Wildman–Crippen MR) is 64.3 cm³/mol. The van der Waals surface area contributed by atoms with Crippen molar-refractivity contribution in [2.24, 2.45) is 5.92 Å². The Balaban J connectivity index is 3.10. The van der Waals surface area contributed by atoms with Crippen LogP contribution >= 0.6 is 0 Å². The third-order valence-electron chi connectivity index (χ3n) is 2.07. The van der Waals surface area contributed by atoms with E-state index in [0.717, 1.165) is 12.5 Å². The molecule has 0 aliphatic heterocycles. The molecule has 0 fully saturated rings. The van der Waals surface area contributed by atoms with E-state index < -0.39 is 33.6 Å². The Morgan fingerprint density at radius 2 is 2.05 bits per heavy atom. The summed E-state index contributed by atoms with van der Waals surface area (Å²) in [4.78, 5) is 11.6. The maximum atomic E-state index is 12.8. The van der Waals surface area contributed by atoms with Crippen molar-refractivity contribution in [3.63, 3.8) is 0 Å². The molecule has 0 radical (unpaired) electrons. The summed E-state index contributed by atoms with van der Waals surface area (Å²) in [5.41, 5.74) is -1.15. The summed E-state index contributed by atoms with van der Waals surface area (Å²) < 4.78 is 50.3. The van der Waals surface area contributed by atoms with Crippen molar-refractivity contribution in [3.05, 3.63) is 17.5 Å². The standard InChI is InChI=1S/C10H15F2N3O3S/c1-6(2)4-15-5-7(9(11)12)8(13-15)10(16)14-19(3,17)18/h5-6,9H,4H2,1-3H3,(H,14,16). The first-order valence-electron chi connectivity index (χ1n) is 5.47. The third-order valence-corrected chi connectivity index (χ3v) is 2.63. The minimum Gasteiger partial charge on any atom is -0.271 e. The van der Waals surface area contributed by atoms with Crippen molar-refractivity contribution in [1.29, 1.82) is 0 Å². The number of halogens is 2. The van der Waals surface area contributed by atoms with E-state index in [4.69, 9.17) is 0 Å². The number of nitrogens with zero attached hydrogens (tertiary/aromatic N) is 2. The lowest BCUT2D eigenvalue weighted by atomic mass is 10.2. The van der Waals surface area contributed by atoms with Gasteiger partial charge in [-0.05, 0) is 5.92 Å². The van der Waals surface area contributed by atoms with E-state index in [1.807, 2.05) is 13.8 Å². The number of aromatic nitrogens is 2. The molecule has 6 nitrogen and oxygen atoms in total. The van der Waals surface area contributed by atoms with Crippen LogP contribution in [0, 0.1) is 5.92 Å². The number of alkyl halides is 2. The molecule has 0 bridgehead atoms. The molecule has 1 heterocycles. The molecule has 19 heavy (non-hydrogen) atoms. The van der Waals surface area contributed by atoms with Crippen molar-refractivity contribution in [1.82, 2.24) is 14.5 Å². The van der Waals surface area contributed by atoms with Crippen LogP contribution in [0.2, 0.25) is 0 Å². The summed E-state index contributed by atoms with van der Waals surface area (Å²) in [6.07, 6.45) is -1.08. The molecule has 0 unspecified atom stereocenters. The van der Waals surface area contributed by atoms with Crippen LogP contribution in [0.15, 0.2) is 6.20 Å². The normalized spacial score (nSPS) is 12.2. The average Bonchev–Trinajstić information content (AvgIpc) is 2.57. The highest BCUT2D eigenvalue weighted by Crippen LogP contribution is 2.22. The molecule has 0 saturated carbocycles. The van der Waals surface area contributed by atoms with Gasteiger partial charge in [0.25, 0.3) is 12.3 Å². The first-order valence-corrected chi connectivity index (χ1v) is 7.37. The van der Waals surface area contributed by atoms with Gasteiger partial charge >= 0.3 is 0 Å². The lowest BCUT2D eigenvalue weighted by Crippen LogP contribution is -2.30. The van der Waals surface area contributed by atoms with Crippen LogP contribution in [-0.4, -0.2) is 30.4 Å². The molecule has 1 aromatic heterocycles. The predicted octanol–water partition coefficient (Wildman–Crippen LogP) is 1.17. The van der Waals surface area contributed by atoms with Crippen LogP contribution in [0.25, 0.3) is 0 Å². The smallest absolute Gasteiger partial charge is 0.271 e. The van der Waals surface area contributed by atoms with Gasteiger partial charge in [-0.15, -0.1) is 0 Å². The quantitative estimate of drug-likeness (QED) is 0.884. The van der Waals surface area contributed by atoms with Gasteiger partial charge in [0.2, 0.25) is 10.0 Å². The molecule has 1 N–H and O–H groups in total. The Morgan fingerprint density at radius 3 is 2.47 bits per heavy atom. The highest BCUT2D eigenvalue weighted by atomic mass is 32.2. The maximum absolute atomic E-state index is 12.8. The second-order valence-corrected chi connectivity index (χ2v) is 6.30.